The normalized spacial score (nSPS) is 11.2. The number of aromatic nitrogens is 1. The number of nitro benzene ring substituents is 1. The number of hydrogen-bond donors (Lipinski definition) is 1. The molecule has 0 saturated heterocycles. The lowest BCUT2D eigenvalue weighted by molar-refractivity contribution is -0.384. The maximum Gasteiger partial charge on any atom is 0.280 e. The Morgan fingerprint density at radius 1 is 1.17 bits per heavy atom. The van der Waals surface area contributed by atoms with Gasteiger partial charge in [0.05, 0.1) is 20.2 Å². The minimum absolute atomic E-state index is 0.0513. The predicted molar refractivity (Wildman–Crippen MR) is 113 cm³/mol. The molecule has 0 aliphatic rings. The van der Waals surface area contributed by atoms with E-state index in [2.05, 4.69) is 10.3 Å². The number of nitrogens with one attached hydrogen (secondary N) is 1. The highest BCUT2D eigenvalue weighted by molar-refractivity contribution is 7.22. The van der Waals surface area contributed by atoms with E-state index < -0.39 is 4.92 Å². The van der Waals surface area contributed by atoms with Gasteiger partial charge < -0.3 is 4.42 Å². The molecule has 0 saturated carbocycles. The van der Waals surface area contributed by atoms with Gasteiger partial charge in [0, 0.05) is 12.1 Å². The zero-order valence-corrected chi connectivity index (χ0v) is 16.2. The first kappa shape index (κ1) is 18.9. The zero-order valence-electron chi connectivity index (χ0n) is 14.7. The topological polar surface area (TPSA) is 98.3 Å². The van der Waals surface area contributed by atoms with Crippen molar-refractivity contribution in [1.82, 2.24) is 4.98 Å². The molecule has 0 atom stereocenters. The Hall–Kier alpha value is -3.49. The Morgan fingerprint density at radius 3 is 2.79 bits per heavy atom. The molecule has 0 aliphatic carbocycles. The van der Waals surface area contributed by atoms with Crippen LogP contribution in [-0.4, -0.2) is 15.8 Å². The summed E-state index contributed by atoms with van der Waals surface area (Å²) in [6.07, 6.45) is 2.78. The minimum Gasteiger partial charge on any atom is -0.456 e. The molecule has 1 amide bonds. The second-order valence-electron chi connectivity index (χ2n) is 5.90. The predicted octanol–water partition coefficient (Wildman–Crippen LogP) is 5.77. The molecule has 2 aromatic heterocycles. The summed E-state index contributed by atoms with van der Waals surface area (Å²) < 4.78 is 6.50. The Morgan fingerprint density at radius 2 is 2.00 bits per heavy atom. The number of benzene rings is 2. The van der Waals surface area contributed by atoms with E-state index in [0.29, 0.717) is 32.8 Å². The van der Waals surface area contributed by atoms with Crippen molar-refractivity contribution in [2.45, 2.75) is 0 Å². The summed E-state index contributed by atoms with van der Waals surface area (Å²) in [5, 5.41) is 14.8. The van der Waals surface area contributed by atoms with Crippen LogP contribution in [-0.2, 0) is 4.79 Å². The SMILES string of the molecule is O=C(/C=C/c1ccc(-c2ccccc2[N+](=O)[O-])o1)Nc1nc2c(Cl)cccc2s1. The van der Waals surface area contributed by atoms with Crippen LogP contribution in [0.4, 0.5) is 10.8 Å². The van der Waals surface area contributed by atoms with Crippen molar-refractivity contribution in [2.75, 3.05) is 5.32 Å². The number of rotatable bonds is 5. The number of fused-ring (bicyclic) bond motifs is 1. The highest BCUT2D eigenvalue weighted by atomic mass is 35.5. The molecule has 0 aliphatic heterocycles. The maximum atomic E-state index is 12.2. The molecular formula is C20H12ClN3O4S. The summed E-state index contributed by atoms with van der Waals surface area (Å²) in [6, 6.07) is 15.0. The van der Waals surface area contributed by atoms with E-state index >= 15 is 0 Å². The van der Waals surface area contributed by atoms with Crippen LogP contribution in [0.5, 0.6) is 0 Å². The van der Waals surface area contributed by atoms with Gasteiger partial charge in [-0.15, -0.1) is 0 Å². The molecule has 0 unspecified atom stereocenters. The van der Waals surface area contributed by atoms with Gasteiger partial charge in [-0.2, -0.15) is 0 Å². The number of para-hydroxylation sites is 2. The van der Waals surface area contributed by atoms with Gasteiger partial charge in [0.2, 0.25) is 5.91 Å². The third kappa shape index (κ3) is 4.03. The van der Waals surface area contributed by atoms with Crippen molar-refractivity contribution < 1.29 is 14.1 Å². The number of furan rings is 1. The number of thiazole rings is 1. The molecule has 4 rings (SSSR count). The smallest absolute Gasteiger partial charge is 0.280 e. The fourth-order valence-electron chi connectivity index (χ4n) is 2.70. The van der Waals surface area contributed by atoms with Crippen molar-refractivity contribution in [3.63, 3.8) is 0 Å². The summed E-state index contributed by atoms with van der Waals surface area (Å²) in [5.74, 6) is 0.350. The zero-order chi connectivity index (χ0) is 20.4. The summed E-state index contributed by atoms with van der Waals surface area (Å²) in [4.78, 5) is 27.2. The van der Waals surface area contributed by atoms with E-state index in [9.17, 15) is 14.9 Å². The molecule has 7 nitrogen and oxygen atoms in total. The van der Waals surface area contributed by atoms with Gasteiger partial charge in [-0.1, -0.05) is 41.1 Å². The molecule has 0 fully saturated rings. The highest BCUT2D eigenvalue weighted by Crippen LogP contribution is 2.32. The average Bonchev–Trinajstić information content (AvgIpc) is 3.34. The Balaban J connectivity index is 1.49. The van der Waals surface area contributed by atoms with Gasteiger partial charge in [-0.05, 0) is 36.4 Å². The summed E-state index contributed by atoms with van der Waals surface area (Å²) >= 11 is 7.41. The first-order valence-corrected chi connectivity index (χ1v) is 9.58. The number of amides is 1. The molecule has 144 valence electrons. The standard InChI is InChI=1S/C20H12ClN3O4S/c21-14-5-3-7-17-19(14)23-20(29-17)22-18(25)11-9-12-8-10-16(28-12)13-4-1-2-6-15(13)24(26)27/h1-11H,(H,22,23,25)/b11-9+. The van der Waals surface area contributed by atoms with Gasteiger partial charge in [0.15, 0.2) is 5.13 Å². The fraction of sp³-hybridized carbons (Fsp3) is 0. The molecule has 1 N–H and O–H groups in total. The van der Waals surface area contributed by atoms with Gasteiger partial charge in [0.1, 0.15) is 17.0 Å². The largest absolute Gasteiger partial charge is 0.456 e. The summed E-state index contributed by atoms with van der Waals surface area (Å²) in [5.41, 5.74) is 0.955. The summed E-state index contributed by atoms with van der Waals surface area (Å²) in [7, 11) is 0. The molecule has 0 radical (unpaired) electrons. The molecule has 9 heteroatoms. The second kappa shape index (κ2) is 7.86. The molecule has 2 aromatic carbocycles. The van der Waals surface area contributed by atoms with E-state index in [4.69, 9.17) is 16.0 Å². The Kier molecular flexibility index (Phi) is 5.11. The first-order chi connectivity index (χ1) is 14.0. The van der Waals surface area contributed by atoms with Crippen LogP contribution >= 0.6 is 22.9 Å². The second-order valence-corrected chi connectivity index (χ2v) is 7.34. The monoisotopic (exact) mass is 425 g/mol. The lowest BCUT2D eigenvalue weighted by Crippen LogP contribution is -2.07. The van der Waals surface area contributed by atoms with Crippen LogP contribution in [0.2, 0.25) is 5.02 Å². The molecule has 4 aromatic rings. The van der Waals surface area contributed by atoms with Crippen molar-refractivity contribution >= 4 is 56.0 Å². The molecule has 2 heterocycles. The van der Waals surface area contributed by atoms with E-state index in [-0.39, 0.29) is 11.6 Å². The van der Waals surface area contributed by atoms with Gasteiger partial charge >= 0.3 is 0 Å². The van der Waals surface area contributed by atoms with Gasteiger partial charge in [-0.3, -0.25) is 20.2 Å². The van der Waals surface area contributed by atoms with Crippen LogP contribution in [0, 0.1) is 10.1 Å². The Bertz CT molecular complexity index is 1260. The van der Waals surface area contributed by atoms with Crippen molar-refractivity contribution in [3.8, 4) is 11.3 Å². The number of halogens is 1. The first-order valence-electron chi connectivity index (χ1n) is 8.39. The number of anilines is 1. The lowest BCUT2D eigenvalue weighted by Gasteiger charge is -1.98. The van der Waals surface area contributed by atoms with E-state index in [1.807, 2.05) is 12.1 Å². The van der Waals surface area contributed by atoms with Crippen molar-refractivity contribution in [3.05, 3.63) is 81.6 Å². The highest BCUT2D eigenvalue weighted by Gasteiger charge is 2.16. The quantitative estimate of drug-likeness (QED) is 0.248. The molecular weight excluding hydrogens is 414 g/mol. The van der Waals surface area contributed by atoms with E-state index in [0.717, 1.165) is 4.70 Å². The third-order valence-electron chi connectivity index (χ3n) is 3.99. The summed E-state index contributed by atoms with van der Waals surface area (Å²) in [6.45, 7) is 0. The van der Waals surface area contributed by atoms with Crippen LogP contribution in [0.15, 0.2) is 65.1 Å². The van der Waals surface area contributed by atoms with Crippen molar-refractivity contribution in [2.24, 2.45) is 0 Å². The third-order valence-corrected chi connectivity index (χ3v) is 5.23. The van der Waals surface area contributed by atoms with Crippen LogP contribution in [0.1, 0.15) is 5.76 Å². The minimum atomic E-state index is -0.467. The molecule has 29 heavy (non-hydrogen) atoms. The maximum absolute atomic E-state index is 12.2. The van der Waals surface area contributed by atoms with Crippen molar-refractivity contribution in [1.29, 1.82) is 0 Å². The Labute approximate surface area is 173 Å². The van der Waals surface area contributed by atoms with E-state index in [1.165, 1.54) is 29.6 Å². The molecule has 0 spiro atoms. The van der Waals surface area contributed by atoms with Gasteiger partial charge in [0.25, 0.3) is 5.69 Å². The fourth-order valence-corrected chi connectivity index (χ4v) is 3.87. The number of nitro groups is 1. The van der Waals surface area contributed by atoms with Crippen LogP contribution in [0.25, 0.3) is 27.6 Å². The van der Waals surface area contributed by atoms with E-state index in [1.54, 1.807) is 36.4 Å². The lowest BCUT2D eigenvalue weighted by atomic mass is 10.1. The number of hydrogen-bond acceptors (Lipinski definition) is 6. The number of carbonyl (C=O) groups excluding carboxylic acids is 1. The van der Waals surface area contributed by atoms with Crippen LogP contribution in [0.3, 0.4) is 0 Å². The molecule has 0 bridgehead atoms. The van der Waals surface area contributed by atoms with Crippen LogP contribution < -0.4 is 5.32 Å². The average molecular weight is 426 g/mol. The van der Waals surface area contributed by atoms with Gasteiger partial charge in [-0.25, -0.2) is 4.98 Å². The number of nitrogens with zero attached hydrogens (tertiary/aromatic N) is 2. The number of carbonyl (C=O) groups is 1.